The Morgan fingerprint density at radius 1 is 0.833 bits per heavy atom. The number of halogens is 1. The van der Waals surface area contributed by atoms with E-state index >= 15 is 0 Å². The third kappa shape index (κ3) is 4.11. The van der Waals surface area contributed by atoms with E-state index in [2.05, 4.69) is 68.6 Å². The fourth-order valence-electron chi connectivity index (χ4n) is 2.41. The van der Waals surface area contributed by atoms with Crippen LogP contribution in [-0.4, -0.2) is 9.97 Å². The first-order chi connectivity index (χ1) is 11.5. The molecular weight excluding hydrogens is 364 g/mol. The van der Waals surface area contributed by atoms with E-state index in [0.717, 1.165) is 32.9 Å². The molecule has 0 radical (unpaired) electrons. The molecule has 0 amide bonds. The van der Waals surface area contributed by atoms with Gasteiger partial charge in [-0.05, 0) is 62.2 Å². The molecule has 0 atom stereocenters. The van der Waals surface area contributed by atoms with E-state index in [-0.39, 0.29) is 0 Å². The summed E-state index contributed by atoms with van der Waals surface area (Å²) >= 11 is 3.51. The summed E-state index contributed by atoms with van der Waals surface area (Å²) in [6.07, 6.45) is 0. The van der Waals surface area contributed by atoms with Crippen LogP contribution < -0.4 is 10.6 Å². The van der Waals surface area contributed by atoms with Gasteiger partial charge in [-0.2, -0.15) is 4.98 Å². The topological polar surface area (TPSA) is 49.8 Å². The Bertz CT molecular complexity index is 877. The van der Waals surface area contributed by atoms with Crippen LogP contribution in [0.4, 0.5) is 23.1 Å². The van der Waals surface area contributed by atoms with Crippen LogP contribution in [0, 0.1) is 20.8 Å². The number of anilines is 4. The van der Waals surface area contributed by atoms with Crippen molar-refractivity contribution >= 4 is 39.1 Å². The van der Waals surface area contributed by atoms with Gasteiger partial charge in [-0.15, -0.1) is 0 Å². The summed E-state index contributed by atoms with van der Waals surface area (Å²) in [5.41, 5.74) is 5.23. The summed E-state index contributed by atoms with van der Waals surface area (Å²) in [5.74, 6) is 1.34. The summed E-state index contributed by atoms with van der Waals surface area (Å²) in [7, 11) is 0. The van der Waals surface area contributed by atoms with E-state index in [4.69, 9.17) is 0 Å². The molecule has 122 valence electrons. The maximum atomic E-state index is 4.56. The van der Waals surface area contributed by atoms with Crippen molar-refractivity contribution in [3.05, 3.63) is 69.8 Å². The number of hydrogen-bond donors (Lipinski definition) is 2. The molecule has 1 heterocycles. The van der Waals surface area contributed by atoms with Gasteiger partial charge in [0.2, 0.25) is 5.95 Å². The quantitative estimate of drug-likeness (QED) is 0.611. The van der Waals surface area contributed by atoms with Gasteiger partial charge in [0.25, 0.3) is 0 Å². The SMILES string of the molecule is Cc1cccc(Nc2cc(C)nc(Nc3ccc(Br)c(C)c3)n2)c1. The van der Waals surface area contributed by atoms with Crippen LogP contribution in [0.3, 0.4) is 0 Å². The summed E-state index contributed by atoms with van der Waals surface area (Å²) in [6, 6.07) is 16.2. The van der Waals surface area contributed by atoms with Crippen molar-refractivity contribution < 1.29 is 0 Å². The zero-order chi connectivity index (χ0) is 17.1. The number of benzene rings is 2. The smallest absolute Gasteiger partial charge is 0.229 e. The molecule has 5 heteroatoms. The molecule has 0 bridgehead atoms. The van der Waals surface area contributed by atoms with Crippen molar-refractivity contribution in [3.63, 3.8) is 0 Å². The molecular formula is C19H19BrN4. The molecule has 24 heavy (non-hydrogen) atoms. The fraction of sp³-hybridized carbons (Fsp3) is 0.158. The summed E-state index contributed by atoms with van der Waals surface area (Å²) in [6.45, 7) is 6.08. The molecule has 0 fully saturated rings. The minimum atomic E-state index is 0.576. The van der Waals surface area contributed by atoms with Crippen LogP contribution in [0.2, 0.25) is 0 Å². The first-order valence-corrected chi connectivity index (χ1v) is 8.51. The van der Waals surface area contributed by atoms with Gasteiger partial charge in [0.1, 0.15) is 5.82 Å². The van der Waals surface area contributed by atoms with Gasteiger partial charge in [-0.25, -0.2) is 4.98 Å². The standard InChI is InChI=1S/C19H19BrN4/c1-12-5-4-6-15(9-12)22-18-11-14(3)21-19(24-18)23-16-7-8-17(20)13(2)10-16/h4-11H,1-3H3,(H2,21,22,23,24). The average molecular weight is 383 g/mol. The highest BCUT2D eigenvalue weighted by atomic mass is 79.9. The van der Waals surface area contributed by atoms with Crippen molar-refractivity contribution in [1.82, 2.24) is 9.97 Å². The lowest BCUT2D eigenvalue weighted by Crippen LogP contribution is -2.02. The molecule has 2 N–H and O–H groups in total. The third-order valence-electron chi connectivity index (χ3n) is 3.56. The first kappa shape index (κ1) is 16.5. The number of nitrogens with one attached hydrogen (secondary N) is 2. The number of nitrogens with zero attached hydrogens (tertiary/aromatic N) is 2. The van der Waals surface area contributed by atoms with Crippen molar-refractivity contribution in [2.45, 2.75) is 20.8 Å². The zero-order valence-electron chi connectivity index (χ0n) is 13.9. The first-order valence-electron chi connectivity index (χ1n) is 7.72. The highest BCUT2D eigenvalue weighted by Gasteiger charge is 2.05. The van der Waals surface area contributed by atoms with E-state index in [9.17, 15) is 0 Å². The second-order valence-corrected chi connectivity index (χ2v) is 6.66. The number of hydrogen-bond acceptors (Lipinski definition) is 4. The van der Waals surface area contributed by atoms with Crippen LogP contribution >= 0.6 is 15.9 Å². The summed E-state index contributed by atoms with van der Waals surface area (Å²) in [4.78, 5) is 9.03. The fourth-order valence-corrected chi connectivity index (χ4v) is 2.66. The highest BCUT2D eigenvalue weighted by molar-refractivity contribution is 9.10. The lowest BCUT2D eigenvalue weighted by Gasteiger charge is -2.11. The molecule has 0 unspecified atom stereocenters. The number of aromatic nitrogens is 2. The molecule has 1 aromatic heterocycles. The maximum Gasteiger partial charge on any atom is 0.229 e. The molecule has 2 aromatic carbocycles. The third-order valence-corrected chi connectivity index (χ3v) is 4.45. The minimum absolute atomic E-state index is 0.576. The van der Waals surface area contributed by atoms with E-state index in [1.54, 1.807) is 0 Å². The predicted octanol–water partition coefficient (Wildman–Crippen LogP) is 5.65. The number of rotatable bonds is 4. The Morgan fingerprint density at radius 2 is 1.62 bits per heavy atom. The summed E-state index contributed by atoms with van der Waals surface area (Å²) in [5, 5.41) is 6.60. The second-order valence-electron chi connectivity index (χ2n) is 5.80. The van der Waals surface area contributed by atoms with Gasteiger partial charge in [-0.1, -0.05) is 28.1 Å². The molecule has 0 aliphatic rings. The summed E-state index contributed by atoms with van der Waals surface area (Å²) < 4.78 is 1.08. The lowest BCUT2D eigenvalue weighted by molar-refractivity contribution is 1.11. The van der Waals surface area contributed by atoms with Crippen LogP contribution in [0.5, 0.6) is 0 Å². The zero-order valence-corrected chi connectivity index (χ0v) is 15.5. The second kappa shape index (κ2) is 7.01. The Kier molecular flexibility index (Phi) is 4.81. The van der Waals surface area contributed by atoms with Crippen LogP contribution in [0.15, 0.2) is 53.0 Å². The van der Waals surface area contributed by atoms with Gasteiger partial charge in [0, 0.05) is 27.6 Å². The van der Waals surface area contributed by atoms with E-state index < -0.39 is 0 Å². The van der Waals surface area contributed by atoms with E-state index in [0.29, 0.717) is 5.95 Å². The van der Waals surface area contributed by atoms with Gasteiger partial charge < -0.3 is 10.6 Å². The van der Waals surface area contributed by atoms with Crippen LogP contribution in [-0.2, 0) is 0 Å². The van der Waals surface area contributed by atoms with Crippen molar-refractivity contribution in [2.24, 2.45) is 0 Å². The van der Waals surface area contributed by atoms with Crippen molar-refractivity contribution in [3.8, 4) is 0 Å². The Morgan fingerprint density at radius 3 is 2.38 bits per heavy atom. The van der Waals surface area contributed by atoms with Gasteiger partial charge in [0.05, 0.1) is 0 Å². The molecule has 3 rings (SSSR count). The highest BCUT2D eigenvalue weighted by Crippen LogP contribution is 2.23. The molecule has 4 nitrogen and oxygen atoms in total. The van der Waals surface area contributed by atoms with Crippen molar-refractivity contribution in [1.29, 1.82) is 0 Å². The Labute approximate surface area is 150 Å². The van der Waals surface area contributed by atoms with Gasteiger partial charge in [0.15, 0.2) is 0 Å². The molecule has 0 aliphatic carbocycles. The van der Waals surface area contributed by atoms with E-state index in [1.165, 1.54) is 5.56 Å². The molecule has 0 spiro atoms. The van der Waals surface area contributed by atoms with E-state index in [1.807, 2.05) is 37.3 Å². The number of aryl methyl sites for hydroxylation is 3. The van der Waals surface area contributed by atoms with Crippen LogP contribution in [0.1, 0.15) is 16.8 Å². The Balaban J connectivity index is 1.84. The lowest BCUT2D eigenvalue weighted by atomic mass is 10.2. The monoisotopic (exact) mass is 382 g/mol. The van der Waals surface area contributed by atoms with Crippen molar-refractivity contribution in [2.75, 3.05) is 10.6 Å². The average Bonchev–Trinajstić information content (AvgIpc) is 2.50. The maximum absolute atomic E-state index is 4.56. The largest absolute Gasteiger partial charge is 0.340 e. The normalized spacial score (nSPS) is 10.5. The molecule has 0 aliphatic heterocycles. The molecule has 0 saturated heterocycles. The Hall–Kier alpha value is -2.40. The van der Waals surface area contributed by atoms with Crippen LogP contribution in [0.25, 0.3) is 0 Å². The predicted molar refractivity (Wildman–Crippen MR) is 103 cm³/mol. The van der Waals surface area contributed by atoms with Gasteiger partial charge in [-0.3, -0.25) is 0 Å². The molecule has 3 aromatic rings. The van der Waals surface area contributed by atoms with Gasteiger partial charge >= 0.3 is 0 Å². The minimum Gasteiger partial charge on any atom is -0.340 e. The molecule has 0 saturated carbocycles.